The maximum absolute atomic E-state index is 12.3. The average Bonchev–Trinajstić information content (AvgIpc) is 3.02. The van der Waals surface area contributed by atoms with E-state index in [1.54, 1.807) is 6.92 Å². The summed E-state index contributed by atoms with van der Waals surface area (Å²) in [5, 5.41) is 14.3. The number of hydrogen-bond acceptors (Lipinski definition) is 4. The van der Waals surface area contributed by atoms with Crippen molar-refractivity contribution in [2.24, 2.45) is 0 Å². The second kappa shape index (κ2) is 6.67. The van der Waals surface area contributed by atoms with Gasteiger partial charge in [0.25, 0.3) is 0 Å². The highest BCUT2D eigenvalue weighted by molar-refractivity contribution is 5.90. The van der Waals surface area contributed by atoms with Crippen LogP contribution >= 0.6 is 0 Å². The van der Waals surface area contributed by atoms with Crippen LogP contribution in [-0.4, -0.2) is 21.0 Å². The summed E-state index contributed by atoms with van der Waals surface area (Å²) in [6.07, 6.45) is 2.68. The van der Waals surface area contributed by atoms with E-state index in [1.807, 2.05) is 31.6 Å². The predicted molar refractivity (Wildman–Crippen MR) is 93.1 cm³/mol. The van der Waals surface area contributed by atoms with Gasteiger partial charge in [-0.2, -0.15) is 5.10 Å². The van der Waals surface area contributed by atoms with Gasteiger partial charge in [-0.1, -0.05) is 12.1 Å². The second-order valence-electron chi connectivity index (χ2n) is 7.02. The zero-order valence-corrected chi connectivity index (χ0v) is 15.5. The standard InChI is InChI=1S/C17H27N5O2/c1-8-14-15(12(4)24-21-14)19-16(23)18-10(2)13-9-22(17(5,6)7)20-11(13)3/h9-10H,8H2,1-7H3,(H2,18,19,23)/t10-/m0/s1. The van der Waals surface area contributed by atoms with Crippen LogP contribution in [0.3, 0.4) is 0 Å². The normalized spacial score (nSPS) is 13.0. The first-order valence-corrected chi connectivity index (χ1v) is 8.22. The van der Waals surface area contributed by atoms with Gasteiger partial charge in [-0.3, -0.25) is 4.68 Å². The molecule has 0 aliphatic heterocycles. The molecule has 0 radical (unpaired) electrons. The second-order valence-corrected chi connectivity index (χ2v) is 7.02. The van der Waals surface area contributed by atoms with Crippen LogP contribution in [0.25, 0.3) is 0 Å². The van der Waals surface area contributed by atoms with Crippen molar-refractivity contribution in [3.63, 3.8) is 0 Å². The third-order valence-corrected chi connectivity index (χ3v) is 3.95. The van der Waals surface area contributed by atoms with E-state index in [0.717, 1.165) is 17.0 Å². The van der Waals surface area contributed by atoms with Crippen LogP contribution in [-0.2, 0) is 12.0 Å². The Morgan fingerprint density at radius 1 is 1.38 bits per heavy atom. The molecule has 0 spiro atoms. The molecule has 7 nitrogen and oxygen atoms in total. The highest BCUT2D eigenvalue weighted by Crippen LogP contribution is 2.23. The molecule has 2 amide bonds. The van der Waals surface area contributed by atoms with Crippen LogP contribution in [0.4, 0.5) is 10.5 Å². The first-order chi connectivity index (χ1) is 11.1. The fraction of sp³-hybridized carbons (Fsp3) is 0.588. The number of anilines is 1. The SMILES string of the molecule is CCc1noc(C)c1NC(=O)N[C@@H](C)c1cn(C(C)(C)C)nc1C. The Kier molecular flexibility index (Phi) is 5.01. The van der Waals surface area contributed by atoms with E-state index in [2.05, 4.69) is 41.7 Å². The number of nitrogens with one attached hydrogen (secondary N) is 2. The zero-order chi connectivity index (χ0) is 18.1. The highest BCUT2D eigenvalue weighted by atomic mass is 16.5. The monoisotopic (exact) mass is 333 g/mol. The largest absolute Gasteiger partial charge is 0.359 e. The van der Waals surface area contributed by atoms with Gasteiger partial charge in [0.15, 0.2) is 5.76 Å². The third-order valence-electron chi connectivity index (χ3n) is 3.95. The zero-order valence-electron chi connectivity index (χ0n) is 15.5. The predicted octanol–water partition coefficient (Wildman–Crippen LogP) is 3.69. The minimum Gasteiger partial charge on any atom is -0.359 e. The summed E-state index contributed by atoms with van der Waals surface area (Å²) < 4.78 is 7.05. The fourth-order valence-electron chi connectivity index (χ4n) is 2.49. The molecular weight excluding hydrogens is 306 g/mol. The number of amides is 2. The molecule has 2 N–H and O–H groups in total. The maximum atomic E-state index is 12.3. The van der Waals surface area contributed by atoms with Crippen molar-refractivity contribution in [2.45, 2.75) is 66.5 Å². The molecule has 7 heteroatoms. The minimum absolute atomic E-state index is 0.0966. The molecule has 0 aliphatic rings. The van der Waals surface area contributed by atoms with Crippen LogP contribution in [0, 0.1) is 13.8 Å². The number of hydrogen-bond donors (Lipinski definition) is 2. The third kappa shape index (κ3) is 3.77. The topological polar surface area (TPSA) is 85.0 Å². The summed E-state index contributed by atoms with van der Waals surface area (Å²) in [7, 11) is 0. The summed E-state index contributed by atoms with van der Waals surface area (Å²) in [5.74, 6) is 0.603. The van der Waals surface area contributed by atoms with Gasteiger partial charge in [-0.05, 0) is 48.0 Å². The van der Waals surface area contributed by atoms with Gasteiger partial charge < -0.3 is 15.2 Å². The van der Waals surface area contributed by atoms with Gasteiger partial charge in [-0.15, -0.1) is 0 Å². The van der Waals surface area contributed by atoms with Crippen LogP contribution in [0.5, 0.6) is 0 Å². The van der Waals surface area contributed by atoms with E-state index >= 15 is 0 Å². The molecule has 2 aromatic heterocycles. The van der Waals surface area contributed by atoms with Crippen molar-refractivity contribution in [2.75, 3.05) is 5.32 Å². The summed E-state index contributed by atoms with van der Waals surface area (Å²) in [4.78, 5) is 12.3. The molecule has 0 fully saturated rings. The number of urea groups is 1. The number of aromatic nitrogens is 3. The minimum atomic E-state index is -0.286. The number of nitrogens with zero attached hydrogens (tertiary/aromatic N) is 3. The Labute approximate surface area is 142 Å². The summed E-state index contributed by atoms with van der Waals surface area (Å²) >= 11 is 0. The van der Waals surface area contributed by atoms with Crippen molar-refractivity contribution < 1.29 is 9.32 Å². The maximum Gasteiger partial charge on any atom is 0.319 e. The van der Waals surface area contributed by atoms with Gasteiger partial charge in [0.1, 0.15) is 11.4 Å². The molecule has 2 heterocycles. The van der Waals surface area contributed by atoms with Gasteiger partial charge in [0, 0.05) is 11.8 Å². The Bertz CT molecular complexity index is 724. The van der Waals surface area contributed by atoms with Crippen LogP contribution in [0.1, 0.15) is 63.4 Å². The molecule has 0 saturated carbocycles. The van der Waals surface area contributed by atoms with E-state index in [4.69, 9.17) is 4.52 Å². The molecule has 0 unspecified atom stereocenters. The van der Waals surface area contributed by atoms with Crippen molar-refractivity contribution in [3.05, 3.63) is 28.9 Å². The Morgan fingerprint density at radius 3 is 2.58 bits per heavy atom. The fourth-order valence-corrected chi connectivity index (χ4v) is 2.49. The lowest BCUT2D eigenvalue weighted by Gasteiger charge is -2.19. The van der Waals surface area contributed by atoms with Crippen molar-refractivity contribution in [3.8, 4) is 0 Å². The Hall–Kier alpha value is -2.31. The average molecular weight is 333 g/mol. The first-order valence-electron chi connectivity index (χ1n) is 8.22. The lowest BCUT2D eigenvalue weighted by molar-refractivity contribution is 0.249. The van der Waals surface area contributed by atoms with E-state index < -0.39 is 0 Å². The molecule has 0 bridgehead atoms. The quantitative estimate of drug-likeness (QED) is 0.893. The lowest BCUT2D eigenvalue weighted by atomic mass is 10.1. The number of carbonyl (C=O) groups is 1. The van der Waals surface area contributed by atoms with Gasteiger partial charge in [-0.25, -0.2) is 4.79 Å². The molecule has 0 aromatic carbocycles. The van der Waals surface area contributed by atoms with E-state index in [0.29, 0.717) is 17.9 Å². The molecule has 1 atom stereocenters. The molecule has 0 aliphatic carbocycles. The summed E-state index contributed by atoms with van der Waals surface area (Å²) in [6, 6.07) is -0.447. The first kappa shape index (κ1) is 18.0. The Morgan fingerprint density at radius 2 is 2.04 bits per heavy atom. The lowest BCUT2D eigenvalue weighted by Crippen LogP contribution is -2.31. The smallest absolute Gasteiger partial charge is 0.319 e. The number of carbonyl (C=O) groups excluding carboxylic acids is 1. The molecule has 0 saturated heterocycles. The van der Waals surface area contributed by atoms with Crippen molar-refractivity contribution >= 4 is 11.7 Å². The highest BCUT2D eigenvalue weighted by Gasteiger charge is 2.21. The number of aryl methyl sites for hydroxylation is 3. The summed E-state index contributed by atoms with van der Waals surface area (Å²) in [6.45, 7) is 13.9. The van der Waals surface area contributed by atoms with Crippen LogP contribution in [0.15, 0.2) is 10.7 Å². The Balaban J connectivity index is 2.09. The van der Waals surface area contributed by atoms with Gasteiger partial charge >= 0.3 is 6.03 Å². The van der Waals surface area contributed by atoms with E-state index in [9.17, 15) is 4.79 Å². The number of rotatable bonds is 4. The van der Waals surface area contributed by atoms with E-state index in [1.165, 1.54) is 0 Å². The van der Waals surface area contributed by atoms with Gasteiger partial charge in [0.05, 0.1) is 17.3 Å². The van der Waals surface area contributed by atoms with Crippen LogP contribution in [0.2, 0.25) is 0 Å². The molecule has 2 rings (SSSR count). The molecule has 132 valence electrons. The van der Waals surface area contributed by atoms with Gasteiger partial charge in [0.2, 0.25) is 0 Å². The molecule has 24 heavy (non-hydrogen) atoms. The van der Waals surface area contributed by atoms with Crippen LogP contribution < -0.4 is 10.6 Å². The molecular formula is C17H27N5O2. The van der Waals surface area contributed by atoms with Crippen molar-refractivity contribution in [1.82, 2.24) is 20.3 Å². The molecule has 2 aromatic rings. The van der Waals surface area contributed by atoms with Crippen molar-refractivity contribution in [1.29, 1.82) is 0 Å². The van der Waals surface area contributed by atoms with E-state index in [-0.39, 0.29) is 17.6 Å². The summed E-state index contributed by atoms with van der Waals surface area (Å²) in [5.41, 5.74) is 3.20.